The molecular weight excluding hydrogens is 274 g/mol. The summed E-state index contributed by atoms with van der Waals surface area (Å²) in [5, 5.41) is 6.58. The third-order valence-electron chi connectivity index (χ3n) is 2.56. The van der Waals surface area contributed by atoms with Crippen molar-refractivity contribution in [1.82, 2.24) is 10.3 Å². The van der Waals surface area contributed by atoms with Gasteiger partial charge in [0.05, 0.1) is 13.2 Å². The Morgan fingerprint density at radius 1 is 1.67 bits per heavy atom. The molecule has 0 spiro atoms. The van der Waals surface area contributed by atoms with E-state index >= 15 is 0 Å². The Kier molecular flexibility index (Phi) is 6.01. The van der Waals surface area contributed by atoms with E-state index in [1.807, 2.05) is 6.20 Å². The van der Waals surface area contributed by atoms with Gasteiger partial charge in [0, 0.05) is 17.6 Å². The lowest BCUT2D eigenvalue weighted by Gasteiger charge is -2.22. The van der Waals surface area contributed by atoms with Crippen LogP contribution in [0.4, 0.5) is 5.13 Å². The van der Waals surface area contributed by atoms with E-state index in [9.17, 15) is 4.79 Å². The molecule has 2 N–H and O–H groups in total. The maximum atomic E-state index is 11.9. The van der Waals surface area contributed by atoms with Gasteiger partial charge in [0.15, 0.2) is 5.13 Å². The Morgan fingerprint density at radius 2 is 2.44 bits per heavy atom. The van der Waals surface area contributed by atoms with E-state index < -0.39 is 0 Å². The number of aromatic nitrogens is 1. The average molecular weight is 292 g/mol. The van der Waals surface area contributed by atoms with Crippen molar-refractivity contribution < 1.29 is 9.53 Å². The fourth-order valence-electron chi connectivity index (χ4n) is 1.54. The quantitative estimate of drug-likeness (QED) is 0.888. The molecule has 1 aromatic rings. The van der Waals surface area contributed by atoms with Gasteiger partial charge in [-0.05, 0) is 5.92 Å². The first kappa shape index (κ1) is 15.4. The molecule has 1 saturated heterocycles. The lowest BCUT2D eigenvalue weighted by Crippen LogP contribution is -2.48. The van der Waals surface area contributed by atoms with Crippen LogP contribution in [0.5, 0.6) is 0 Å². The number of hydrogen-bond donors (Lipinski definition) is 2. The number of carbonyl (C=O) groups excluding carboxylic acids is 1. The molecule has 102 valence electrons. The summed E-state index contributed by atoms with van der Waals surface area (Å²) in [5.74, 6) is 0.364. The number of rotatable bonds is 3. The van der Waals surface area contributed by atoms with Crippen molar-refractivity contribution in [3.05, 3.63) is 11.1 Å². The number of halogens is 1. The second-order valence-corrected chi connectivity index (χ2v) is 5.36. The van der Waals surface area contributed by atoms with Crippen LogP contribution >= 0.6 is 23.7 Å². The molecule has 0 saturated carbocycles. The summed E-state index contributed by atoms with van der Waals surface area (Å²) in [5.41, 5.74) is 0. The van der Waals surface area contributed by atoms with Gasteiger partial charge in [0.2, 0.25) is 5.91 Å². The van der Waals surface area contributed by atoms with Gasteiger partial charge in [-0.25, -0.2) is 4.98 Å². The topological polar surface area (TPSA) is 63.2 Å². The molecule has 0 radical (unpaired) electrons. The van der Waals surface area contributed by atoms with Crippen molar-refractivity contribution in [1.29, 1.82) is 0 Å². The molecule has 7 heteroatoms. The number of thiazole rings is 1. The minimum Gasteiger partial charge on any atom is -0.378 e. The van der Waals surface area contributed by atoms with Gasteiger partial charge in [-0.1, -0.05) is 13.8 Å². The van der Waals surface area contributed by atoms with Crippen molar-refractivity contribution in [2.24, 2.45) is 0 Å². The molecule has 1 fully saturated rings. The second kappa shape index (κ2) is 7.04. The average Bonchev–Trinajstić information content (AvgIpc) is 2.79. The van der Waals surface area contributed by atoms with Gasteiger partial charge in [0.25, 0.3) is 0 Å². The van der Waals surface area contributed by atoms with Crippen LogP contribution in [0.25, 0.3) is 0 Å². The van der Waals surface area contributed by atoms with Crippen LogP contribution in [-0.2, 0) is 9.53 Å². The molecule has 18 heavy (non-hydrogen) atoms. The van der Waals surface area contributed by atoms with Crippen LogP contribution in [-0.4, -0.2) is 36.7 Å². The summed E-state index contributed by atoms with van der Waals surface area (Å²) >= 11 is 1.52. The summed E-state index contributed by atoms with van der Waals surface area (Å²) in [7, 11) is 0. The van der Waals surface area contributed by atoms with Gasteiger partial charge < -0.3 is 15.4 Å². The van der Waals surface area contributed by atoms with E-state index in [2.05, 4.69) is 29.5 Å². The lowest BCUT2D eigenvalue weighted by molar-refractivity contribution is -0.120. The van der Waals surface area contributed by atoms with Crippen molar-refractivity contribution in [3.63, 3.8) is 0 Å². The first-order valence-corrected chi connectivity index (χ1v) is 6.56. The lowest BCUT2D eigenvalue weighted by atomic mass is 10.2. The van der Waals surface area contributed by atoms with Gasteiger partial charge in [-0.2, -0.15) is 0 Å². The van der Waals surface area contributed by atoms with E-state index in [0.29, 0.717) is 30.8 Å². The summed E-state index contributed by atoms with van der Waals surface area (Å²) < 4.78 is 5.24. The van der Waals surface area contributed by atoms with Crippen LogP contribution in [0.1, 0.15) is 24.6 Å². The molecule has 0 aromatic carbocycles. The van der Waals surface area contributed by atoms with E-state index in [0.717, 1.165) is 0 Å². The number of nitrogens with zero attached hydrogens (tertiary/aromatic N) is 1. The second-order valence-electron chi connectivity index (χ2n) is 4.29. The normalized spacial score (nSPS) is 19.4. The number of hydrogen-bond acceptors (Lipinski definition) is 5. The number of amides is 1. The number of nitrogens with one attached hydrogen (secondary N) is 2. The smallest absolute Gasteiger partial charge is 0.245 e. The first-order valence-electron chi connectivity index (χ1n) is 5.74. The summed E-state index contributed by atoms with van der Waals surface area (Å²) in [6.45, 7) is 6.02. The van der Waals surface area contributed by atoms with E-state index in [1.54, 1.807) is 0 Å². The number of carbonyl (C=O) groups is 1. The van der Waals surface area contributed by atoms with E-state index in [4.69, 9.17) is 4.74 Å². The molecule has 1 amide bonds. The third-order valence-corrected chi connectivity index (χ3v) is 3.77. The molecule has 2 heterocycles. The number of morpholine rings is 1. The summed E-state index contributed by atoms with van der Waals surface area (Å²) in [4.78, 5) is 17.2. The predicted octanol–water partition coefficient (Wildman–Crippen LogP) is 1.62. The SMILES string of the molecule is CC(C)c1cnc(NC(=O)C2COCCN2)s1.Cl. The maximum absolute atomic E-state index is 11.9. The molecule has 1 aromatic heterocycles. The molecular formula is C11H18ClN3O2S. The van der Waals surface area contributed by atoms with Crippen LogP contribution in [0, 0.1) is 0 Å². The van der Waals surface area contributed by atoms with Gasteiger partial charge in [0.1, 0.15) is 6.04 Å². The van der Waals surface area contributed by atoms with Crippen molar-refractivity contribution in [3.8, 4) is 0 Å². The molecule has 0 aliphatic carbocycles. The van der Waals surface area contributed by atoms with Crippen LogP contribution in [0.15, 0.2) is 6.20 Å². The minimum atomic E-state index is -0.268. The van der Waals surface area contributed by atoms with Crippen LogP contribution < -0.4 is 10.6 Å². The summed E-state index contributed by atoms with van der Waals surface area (Å²) in [6.07, 6.45) is 1.82. The number of ether oxygens (including phenoxy) is 1. The highest BCUT2D eigenvalue weighted by Gasteiger charge is 2.22. The highest BCUT2D eigenvalue weighted by atomic mass is 35.5. The third kappa shape index (κ3) is 3.91. The van der Waals surface area contributed by atoms with Gasteiger partial charge >= 0.3 is 0 Å². The molecule has 1 unspecified atom stereocenters. The Bertz CT molecular complexity index is 391. The Balaban J connectivity index is 0.00000162. The fourth-order valence-corrected chi connectivity index (χ4v) is 2.36. The molecule has 1 aliphatic heterocycles. The number of anilines is 1. The molecule has 2 rings (SSSR count). The molecule has 1 aliphatic rings. The van der Waals surface area contributed by atoms with Crippen molar-refractivity contribution >= 4 is 34.8 Å². The Labute approximate surface area is 117 Å². The largest absolute Gasteiger partial charge is 0.378 e. The Morgan fingerprint density at radius 3 is 3.00 bits per heavy atom. The summed E-state index contributed by atoms with van der Waals surface area (Å²) in [6, 6.07) is -0.268. The van der Waals surface area contributed by atoms with E-state index in [1.165, 1.54) is 16.2 Å². The standard InChI is InChI=1S/C11H17N3O2S.ClH/c1-7(2)9-5-13-11(17-9)14-10(15)8-6-16-4-3-12-8;/h5,7-8,12H,3-4,6H2,1-2H3,(H,13,14,15);1H. The minimum absolute atomic E-state index is 0. The van der Waals surface area contributed by atoms with Crippen molar-refractivity contribution in [2.45, 2.75) is 25.8 Å². The predicted molar refractivity (Wildman–Crippen MR) is 74.7 cm³/mol. The zero-order valence-electron chi connectivity index (χ0n) is 10.4. The highest BCUT2D eigenvalue weighted by Crippen LogP contribution is 2.25. The van der Waals surface area contributed by atoms with E-state index in [-0.39, 0.29) is 24.4 Å². The fraction of sp³-hybridized carbons (Fsp3) is 0.636. The van der Waals surface area contributed by atoms with Gasteiger partial charge in [-0.3, -0.25) is 4.79 Å². The van der Waals surface area contributed by atoms with Gasteiger partial charge in [-0.15, -0.1) is 23.7 Å². The first-order chi connectivity index (χ1) is 8.16. The van der Waals surface area contributed by atoms with Crippen molar-refractivity contribution in [2.75, 3.05) is 25.1 Å². The Hall–Kier alpha value is -0.690. The molecule has 0 bridgehead atoms. The maximum Gasteiger partial charge on any atom is 0.245 e. The van der Waals surface area contributed by atoms with Crippen LogP contribution in [0.2, 0.25) is 0 Å². The monoisotopic (exact) mass is 291 g/mol. The highest BCUT2D eigenvalue weighted by molar-refractivity contribution is 7.15. The van der Waals surface area contributed by atoms with Crippen LogP contribution in [0.3, 0.4) is 0 Å². The zero-order valence-corrected chi connectivity index (χ0v) is 12.1. The molecule has 5 nitrogen and oxygen atoms in total. The molecule has 1 atom stereocenters. The zero-order chi connectivity index (χ0) is 12.3.